The molecule has 0 fully saturated rings. The third-order valence-electron chi connectivity index (χ3n) is 6.41. The summed E-state index contributed by atoms with van der Waals surface area (Å²) in [5, 5.41) is 0.783. The van der Waals surface area contributed by atoms with Crippen LogP contribution < -0.4 is 0 Å². The van der Waals surface area contributed by atoms with Crippen molar-refractivity contribution in [1.82, 2.24) is 14.5 Å². The fourth-order valence-corrected chi connectivity index (χ4v) is 4.62. The summed E-state index contributed by atoms with van der Waals surface area (Å²) in [5.74, 6) is 1.06. The molecule has 0 bridgehead atoms. The molecule has 35 heavy (non-hydrogen) atoms. The number of hydrogen-bond acceptors (Lipinski definition) is 2. The smallest absolute Gasteiger partial charge is 0.140 e. The summed E-state index contributed by atoms with van der Waals surface area (Å²) in [7, 11) is 0. The Labute approximate surface area is 215 Å². The second-order valence-electron chi connectivity index (χ2n) is 9.16. The topological polar surface area (TPSA) is 21.1 Å². The Balaban J connectivity index is 1.78. The van der Waals surface area contributed by atoms with Gasteiger partial charge in [0.05, 0.1) is 11.4 Å². The molecule has 1 aromatic heterocycles. The summed E-state index contributed by atoms with van der Waals surface area (Å²) in [6.07, 6.45) is 4.62. The van der Waals surface area contributed by atoms with Gasteiger partial charge in [-0.15, -0.1) is 0 Å². The number of hydrogen-bond donors (Lipinski definition) is 0. The van der Waals surface area contributed by atoms with Gasteiger partial charge in [0.1, 0.15) is 5.82 Å². The molecule has 0 atom stereocenters. The van der Waals surface area contributed by atoms with E-state index < -0.39 is 0 Å². The van der Waals surface area contributed by atoms with Crippen LogP contribution in [0.1, 0.15) is 50.8 Å². The number of imidazole rings is 1. The number of rotatable bonds is 12. The highest BCUT2D eigenvalue weighted by Crippen LogP contribution is 2.31. The van der Waals surface area contributed by atoms with Crippen LogP contribution in [0.5, 0.6) is 0 Å². The lowest BCUT2D eigenvalue weighted by atomic mass is 10.1. The van der Waals surface area contributed by atoms with Crippen LogP contribution in [-0.2, 0) is 19.6 Å². The molecule has 1 heterocycles. The molecule has 0 aliphatic carbocycles. The second kappa shape index (κ2) is 12.7. The van der Waals surface area contributed by atoms with Gasteiger partial charge in [0.15, 0.2) is 0 Å². The molecule has 0 saturated heterocycles. The van der Waals surface area contributed by atoms with Crippen molar-refractivity contribution in [3.63, 3.8) is 0 Å². The van der Waals surface area contributed by atoms with Crippen LogP contribution in [0, 0.1) is 0 Å². The van der Waals surface area contributed by atoms with Gasteiger partial charge < -0.3 is 4.57 Å². The highest BCUT2D eigenvalue weighted by atomic mass is 35.5. The van der Waals surface area contributed by atoms with E-state index in [1.807, 2.05) is 12.1 Å². The van der Waals surface area contributed by atoms with Gasteiger partial charge in [-0.05, 0) is 37.1 Å². The maximum absolute atomic E-state index is 6.16. The van der Waals surface area contributed by atoms with Gasteiger partial charge in [0.2, 0.25) is 0 Å². The van der Waals surface area contributed by atoms with Gasteiger partial charge in [0.25, 0.3) is 0 Å². The molecule has 0 aliphatic heterocycles. The standard InChI is InChI=1S/C31H36ClN3/c1-3-5-21-34(23-25-17-19-28(32)20-18-25)24-29-30(26-13-9-7-10-14-26)33-31(35(29)22-6-4-2)27-15-11-8-12-16-27/h7-20H,3-6,21-24H2,1-2H3. The van der Waals surface area contributed by atoms with E-state index in [2.05, 4.69) is 96.1 Å². The van der Waals surface area contributed by atoms with Gasteiger partial charge in [-0.3, -0.25) is 4.90 Å². The Hall–Kier alpha value is -2.88. The monoisotopic (exact) mass is 485 g/mol. The lowest BCUT2D eigenvalue weighted by Gasteiger charge is -2.24. The third kappa shape index (κ3) is 6.62. The van der Waals surface area contributed by atoms with Gasteiger partial charge in [-0.2, -0.15) is 0 Å². The van der Waals surface area contributed by atoms with E-state index in [0.717, 1.165) is 55.6 Å². The van der Waals surface area contributed by atoms with Crippen LogP contribution in [0.3, 0.4) is 0 Å². The van der Waals surface area contributed by atoms with Gasteiger partial charge >= 0.3 is 0 Å². The first kappa shape index (κ1) is 25.2. The molecule has 0 N–H and O–H groups in total. The highest BCUT2D eigenvalue weighted by Gasteiger charge is 2.21. The molecule has 182 valence electrons. The van der Waals surface area contributed by atoms with E-state index in [4.69, 9.17) is 16.6 Å². The Kier molecular flexibility index (Phi) is 9.16. The van der Waals surface area contributed by atoms with E-state index >= 15 is 0 Å². The van der Waals surface area contributed by atoms with Crippen molar-refractivity contribution in [3.8, 4) is 22.6 Å². The molecule has 4 rings (SSSR count). The van der Waals surface area contributed by atoms with Gasteiger partial charge in [-0.25, -0.2) is 4.98 Å². The van der Waals surface area contributed by atoms with Crippen LogP contribution in [0.2, 0.25) is 5.02 Å². The molecular weight excluding hydrogens is 450 g/mol. The predicted octanol–water partition coefficient (Wildman–Crippen LogP) is 8.47. The van der Waals surface area contributed by atoms with Crippen LogP contribution in [0.25, 0.3) is 22.6 Å². The minimum absolute atomic E-state index is 0.783. The molecular formula is C31H36ClN3. The fourth-order valence-electron chi connectivity index (χ4n) is 4.49. The predicted molar refractivity (Wildman–Crippen MR) is 148 cm³/mol. The minimum Gasteiger partial charge on any atom is -0.326 e. The quantitative estimate of drug-likeness (QED) is 0.200. The normalized spacial score (nSPS) is 11.3. The van der Waals surface area contributed by atoms with Crippen molar-refractivity contribution in [3.05, 3.63) is 101 Å². The molecule has 0 spiro atoms. The van der Waals surface area contributed by atoms with Gasteiger partial charge in [-0.1, -0.05) is 111 Å². The molecule has 0 radical (unpaired) electrons. The molecule has 4 aromatic rings. The summed E-state index contributed by atoms with van der Waals surface area (Å²) in [6, 6.07) is 29.5. The summed E-state index contributed by atoms with van der Waals surface area (Å²) >= 11 is 6.16. The van der Waals surface area contributed by atoms with E-state index in [1.54, 1.807) is 0 Å². The number of nitrogens with zero attached hydrogens (tertiary/aromatic N) is 3. The largest absolute Gasteiger partial charge is 0.326 e. The number of aromatic nitrogens is 2. The summed E-state index contributed by atoms with van der Waals surface area (Å²) in [5.41, 5.74) is 6.03. The van der Waals surface area contributed by atoms with Gasteiger partial charge in [0, 0.05) is 35.8 Å². The molecule has 3 nitrogen and oxygen atoms in total. The van der Waals surface area contributed by atoms with Crippen molar-refractivity contribution in [2.24, 2.45) is 0 Å². The average Bonchev–Trinajstić information content (AvgIpc) is 3.26. The maximum atomic E-state index is 6.16. The summed E-state index contributed by atoms with van der Waals surface area (Å²) < 4.78 is 2.47. The lowest BCUT2D eigenvalue weighted by Crippen LogP contribution is -2.26. The van der Waals surface area contributed by atoms with Crippen molar-refractivity contribution in [2.75, 3.05) is 6.54 Å². The fraction of sp³-hybridized carbons (Fsp3) is 0.323. The first-order chi connectivity index (χ1) is 17.2. The van der Waals surface area contributed by atoms with E-state index in [1.165, 1.54) is 35.2 Å². The summed E-state index contributed by atoms with van der Waals surface area (Å²) in [6.45, 7) is 8.28. The Morgan fingerprint density at radius 1 is 0.743 bits per heavy atom. The number of benzene rings is 3. The highest BCUT2D eigenvalue weighted by molar-refractivity contribution is 6.30. The molecule has 0 unspecified atom stereocenters. The number of unbranched alkanes of at least 4 members (excludes halogenated alkanes) is 2. The molecule has 0 saturated carbocycles. The zero-order valence-corrected chi connectivity index (χ0v) is 21.7. The second-order valence-corrected chi connectivity index (χ2v) is 9.60. The first-order valence-corrected chi connectivity index (χ1v) is 13.2. The lowest BCUT2D eigenvalue weighted by molar-refractivity contribution is 0.246. The molecule has 0 aliphatic rings. The van der Waals surface area contributed by atoms with E-state index in [9.17, 15) is 0 Å². The van der Waals surface area contributed by atoms with E-state index in [-0.39, 0.29) is 0 Å². The maximum Gasteiger partial charge on any atom is 0.140 e. The third-order valence-corrected chi connectivity index (χ3v) is 6.66. The van der Waals surface area contributed by atoms with Crippen LogP contribution >= 0.6 is 11.6 Å². The molecule has 4 heteroatoms. The molecule has 3 aromatic carbocycles. The average molecular weight is 486 g/mol. The Bertz CT molecular complexity index is 1170. The van der Waals surface area contributed by atoms with Crippen molar-refractivity contribution < 1.29 is 0 Å². The Morgan fingerprint density at radius 3 is 2.00 bits per heavy atom. The Morgan fingerprint density at radius 2 is 1.37 bits per heavy atom. The van der Waals surface area contributed by atoms with Crippen molar-refractivity contribution >= 4 is 11.6 Å². The van der Waals surface area contributed by atoms with Crippen molar-refractivity contribution in [1.29, 1.82) is 0 Å². The zero-order valence-electron chi connectivity index (χ0n) is 21.0. The van der Waals surface area contributed by atoms with Crippen molar-refractivity contribution in [2.45, 2.75) is 59.2 Å². The zero-order chi connectivity index (χ0) is 24.5. The number of halogens is 1. The molecule has 0 amide bonds. The minimum atomic E-state index is 0.783. The summed E-state index contributed by atoms with van der Waals surface area (Å²) in [4.78, 5) is 7.84. The first-order valence-electron chi connectivity index (χ1n) is 12.9. The van der Waals surface area contributed by atoms with Crippen LogP contribution in [-0.4, -0.2) is 21.0 Å². The van der Waals surface area contributed by atoms with Crippen LogP contribution in [0.4, 0.5) is 0 Å². The SMILES string of the molecule is CCCCN(Cc1ccc(Cl)cc1)Cc1c(-c2ccccc2)nc(-c2ccccc2)n1CCCC. The van der Waals surface area contributed by atoms with E-state index in [0.29, 0.717) is 0 Å². The van der Waals surface area contributed by atoms with Crippen LogP contribution in [0.15, 0.2) is 84.9 Å².